The molecular formula is C17H22FN3O. The van der Waals surface area contributed by atoms with Gasteiger partial charge >= 0.3 is 0 Å². The number of rotatable bonds is 5. The zero-order chi connectivity index (χ0) is 15.4. The summed E-state index contributed by atoms with van der Waals surface area (Å²) >= 11 is 0. The largest absolute Gasteiger partial charge is 0.340 e. The van der Waals surface area contributed by atoms with Crippen LogP contribution in [-0.2, 0) is 13.0 Å². The Hall–Kier alpha value is -1.75. The molecule has 0 aliphatic carbocycles. The molecule has 0 amide bonds. The highest BCUT2D eigenvalue weighted by atomic mass is 19.1. The van der Waals surface area contributed by atoms with Crippen LogP contribution in [0.3, 0.4) is 0 Å². The fraction of sp³-hybridized carbons (Fsp3) is 0.529. The summed E-state index contributed by atoms with van der Waals surface area (Å²) in [7, 11) is 0. The van der Waals surface area contributed by atoms with E-state index in [1.807, 2.05) is 19.1 Å². The number of piperidine rings is 1. The maximum absolute atomic E-state index is 12.9. The van der Waals surface area contributed by atoms with Crippen LogP contribution in [0.2, 0.25) is 0 Å². The van der Waals surface area contributed by atoms with Gasteiger partial charge in [0.25, 0.3) is 0 Å². The van der Waals surface area contributed by atoms with E-state index in [1.54, 1.807) is 12.1 Å². The molecule has 118 valence electrons. The second-order valence-electron chi connectivity index (χ2n) is 6.14. The third-order valence-electron chi connectivity index (χ3n) is 4.29. The summed E-state index contributed by atoms with van der Waals surface area (Å²) in [6, 6.07) is 6.86. The Balaban J connectivity index is 1.49. The molecule has 0 spiro atoms. The fourth-order valence-corrected chi connectivity index (χ4v) is 3.16. The molecule has 1 fully saturated rings. The first-order chi connectivity index (χ1) is 10.7. The smallest absolute Gasteiger partial charge is 0.223 e. The van der Waals surface area contributed by atoms with Crippen molar-refractivity contribution in [2.45, 2.75) is 39.2 Å². The van der Waals surface area contributed by atoms with Crippen LogP contribution in [0.4, 0.5) is 4.39 Å². The Morgan fingerprint density at radius 3 is 2.86 bits per heavy atom. The van der Waals surface area contributed by atoms with Crippen molar-refractivity contribution in [3.8, 4) is 0 Å². The molecule has 0 saturated carbocycles. The lowest BCUT2D eigenvalue weighted by atomic mass is 9.91. The normalized spacial score (nSPS) is 19.5. The molecule has 0 unspecified atom stereocenters. The molecule has 5 heteroatoms. The van der Waals surface area contributed by atoms with Crippen molar-refractivity contribution in [3.05, 3.63) is 47.4 Å². The number of hydrogen-bond donors (Lipinski definition) is 0. The van der Waals surface area contributed by atoms with Crippen LogP contribution in [0.15, 0.2) is 28.8 Å². The van der Waals surface area contributed by atoms with Crippen molar-refractivity contribution in [1.29, 1.82) is 0 Å². The number of nitrogens with zero attached hydrogens (tertiary/aromatic N) is 3. The van der Waals surface area contributed by atoms with Gasteiger partial charge < -0.3 is 4.52 Å². The lowest BCUT2D eigenvalue weighted by molar-refractivity contribution is 0.157. The number of halogens is 1. The first kappa shape index (κ1) is 15.2. The number of aryl methyl sites for hydroxylation is 2. The van der Waals surface area contributed by atoms with Gasteiger partial charge in [0.05, 0.1) is 6.54 Å². The molecule has 1 aromatic heterocycles. The molecule has 1 aromatic carbocycles. The highest BCUT2D eigenvalue weighted by Crippen LogP contribution is 2.22. The molecule has 0 N–H and O–H groups in total. The Morgan fingerprint density at radius 1 is 1.32 bits per heavy atom. The van der Waals surface area contributed by atoms with Crippen molar-refractivity contribution >= 4 is 0 Å². The zero-order valence-electron chi connectivity index (χ0n) is 13.0. The van der Waals surface area contributed by atoms with E-state index in [4.69, 9.17) is 4.52 Å². The second-order valence-corrected chi connectivity index (χ2v) is 6.14. The molecule has 2 heterocycles. The molecule has 1 aliphatic heterocycles. The highest BCUT2D eigenvalue weighted by molar-refractivity contribution is 5.16. The van der Waals surface area contributed by atoms with Gasteiger partial charge in [0, 0.05) is 13.5 Å². The highest BCUT2D eigenvalue weighted by Gasteiger charge is 2.21. The third-order valence-corrected chi connectivity index (χ3v) is 4.29. The molecule has 0 radical (unpaired) electrons. The summed E-state index contributed by atoms with van der Waals surface area (Å²) in [5, 5.41) is 3.97. The Labute approximate surface area is 130 Å². The summed E-state index contributed by atoms with van der Waals surface area (Å²) in [6.45, 7) is 4.76. The van der Waals surface area contributed by atoms with Gasteiger partial charge in [0.15, 0.2) is 5.82 Å². The predicted octanol–water partition coefficient (Wildman–Crippen LogP) is 3.36. The average Bonchev–Trinajstić information content (AvgIpc) is 2.92. The Kier molecular flexibility index (Phi) is 4.83. The van der Waals surface area contributed by atoms with Crippen LogP contribution in [0.5, 0.6) is 0 Å². The SMILES string of the molecule is Cc1nc(CN2CCC[C@@H](CCc3ccc(F)cc3)C2)no1. The van der Waals surface area contributed by atoms with Gasteiger partial charge in [0.2, 0.25) is 5.89 Å². The van der Waals surface area contributed by atoms with Crippen molar-refractivity contribution in [3.63, 3.8) is 0 Å². The molecule has 0 bridgehead atoms. The summed E-state index contributed by atoms with van der Waals surface area (Å²) in [5.41, 5.74) is 1.22. The van der Waals surface area contributed by atoms with E-state index in [0.29, 0.717) is 11.8 Å². The molecular weight excluding hydrogens is 281 g/mol. The predicted molar refractivity (Wildman–Crippen MR) is 81.8 cm³/mol. The van der Waals surface area contributed by atoms with Crippen LogP contribution in [0, 0.1) is 18.7 Å². The lowest BCUT2D eigenvalue weighted by Gasteiger charge is -2.31. The van der Waals surface area contributed by atoms with Gasteiger partial charge in [-0.15, -0.1) is 0 Å². The summed E-state index contributed by atoms with van der Waals surface area (Å²) < 4.78 is 17.9. The van der Waals surface area contributed by atoms with E-state index >= 15 is 0 Å². The van der Waals surface area contributed by atoms with Gasteiger partial charge in [-0.25, -0.2) is 4.39 Å². The Bertz CT molecular complexity index is 596. The fourth-order valence-electron chi connectivity index (χ4n) is 3.16. The lowest BCUT2D eigenvalue weighted by Crippen LogP contribution is -2.35. The first-order valence-electron chi connectivity index (χ1n) is 7.95. The number of likely N-dealkylation sites (tertiary alicyclic amines) is 1. The second kappa shape index (κ2) is 7.01. The van der Waals surface area contributed by atoms with Gasteiger partial charge in [0.1, 0.15) is 5.82 Å². The van der Waals surface area contributed by atoms with Gasteiger partial charge in [-0.2, -0.15) is 4.98 Å². The van der Waals surface area contributed by atoms with Crippen molar-refractivity contribution in [1.82, 2.24) is 15.0 Å². The quantitative estimate of drug-likeness (QED) is 0.849. The van der Waals surface area contributed by atoms with Crippen molar-refractivity contribution in [2.24, 2.45) is 5.92 Å². The summed E-state index contributed by atoms with van der Waals surface area (Å²) in [5.74, 6) is 1.92. The molecule has 1 saturated heterocycles. The monoisotopic (exact) mass is 303 g/mol. The first-order valence-corrected chi connectivity index (χ1v) is 7.95. The van der Waals surface area contributed by atoms with Gasteiger partial charge in [-0.1, -0.05) is 17.3 Å². The van der Waals surface area contributed by atoms with Crippen LogP contribution in [0.25, 0.3) is 0 Å². The minimum absolute atomic E-state index is 0.164. The molecule has 1 aliphatic rings. The average molecular weight is 303 g/mol. The molecule has 3 rings (SSSR count). The zero-order valence-corrected chi connectivity index (χ0v) is 13.0. The van der Waals surface area contributed by atoms with E-state index in [-0.39, 0.29) is 5.82 Å². The van der Waals surface area contributed by atoms with Gasteiger partial charge in [-0.3, -0.25) is 4.90 Å². The summed E-state index contributed by atoms with van der Waals surface area (Å²) in [4.78, 5) is 6.68. The molecule has 2 aromatic rings. The third kappa shape index (κ3) is 4.13. The minimum atomic E-state index is -0.164. The van der Waals surface area contributed by atoms with Crippen LogP contribution < -0.4 is 0 Å². The van der Waals surface area contributed by atoms with Crippen molar-refractivity contribution in [2.75, 3.05) is 13.1 Å². The van der Waals surface area contributed by atoms with E-state index in [9.17, 15) is 4.39 Å². The number of aromatic nitrogens is 2. The van der Waals surface area contributed by atoms with E-state index in [1.165, 1.54) is 18.4 Å². The van der Waals surface area contributed by atoms with Crippen LogP contribution in [-0.4, -0.2) is 28.1 Å². The minimum Gasteiger partial charge on any atom is -0.340 e. The summed E-state index contributed by atoms with van der Waals surface area (Å²) in [6.07, 6.45) is 4.64. The number of hydrogen-bond acceptors (Lipinski definition) is 4. The van der Waals surface area contributed by atoms with Gasteiger partial charge in [-0.05, 0) is 55.8 Å². The van der Waals surface area contributed by atoms with E-state index in [0.717, 1.165) is 38.3 Å². The van der Waals surface area contributed by atoms with E-state index in [2.05, 4.69) is 15.0 Å². The van der Waals surface area contributed by atoms with Crippen LogP contribution in [0.1, 0.15) is 36.5 Å². The number of benzene rings is 1. The maximum atomic E-state index is 12.9. The van der Waals surface area contributed by atoms with Crippen molar-refractivity contribution < 1.29 is 8.91 Å². The maximum Gasteiger partial charge on any atom is 0.223 e. The standard InChI is InChI=1S/C17H22FN3O/c1-13-19-17(20-22-13)12-21-10-2-3-15(11-21)5-4-14-6-8-16(18)9-7-14/h6-9,15H,2-5,10-12H2,1H3/t15-/m0/s1. The molecule has 1 atom stereocenters. The van der Waals surface area contributed by atoms with Crippen LogP contribution >= 0.6 is 0 Å². The molecule has 22 heavy (non-hydrogen) atoms. The Morgan fingerprint density at radius 2 is 2.14 bits per heavy atom. The molecule has 4 nitrogen and oxygen atoms in total. The topological polar surface area (TPSA) is 42.2 Å². The van der Waals surface area contributed by atoms with E-state index < -0.39 is 0 Å².